The van der Waals surface area contributed by atoms with Crippen LogP contribution in [0.1, 0.15) is 48.8 Å². The number of nitrogens with zero attached hydrogens (tertiary/aromatic N) is 5. The lowest BCUT2D eigenvalue weighted by atomic mass is 9.96. The van der Waals surface area contributed by atoms with E-state index in [1.165, 1.54) is 44.3 Å². The number of ether oxygens (including phenoxy) is 1. The molecule has 27 heavy (non-hydrogen) atoms. The maximum absolute atomic E-state index is 5.36. The summed E-state index contributed by atoms with van der Waals surface area (Å²) in [5, 5.41) is 9.11. The van der Waals surface area contributed by atoms with Gasteiger partial charge >= 0.3 is 0 Å². The highest BCUT2D eigenvalue weighted by atomic mass is 16.5. The van der Waals surface area contributed by atoms with Crippen LogP contribution in [0.3, 0.4) is 0 Å². The van der Waals surface area contributed by atoms with Crippen molar-refractivity contribution in [3.8, 4) is 5.75 Å². The fourth-order valence-electron chi connectivity index (χ4n) is 4.45. The molecule has 2 aromatic rings. The molecule has 0 aliphatic carbocycles. The number of aromatic nitrogens is 3. The van der Waals surface area contributed by atoms with Gasteiger partial charge in [0.05, 0.1) is 13.7 Å². The van der Waals surface area contributed by atoms with E-state index >= 15 is 0 Å². The normalized spacial score (nSPS) is 21.6. The molecule has 0 saturated carbocycles. The highest BCUT2D eigenvalue weighted by Crippen LogP contribution is 2.27. The Hall–Kier alpha value is -1.92. The Labute approximate surface area is 162 Å². The van der Waals surface area contributed by atoms with Gasteiger partial charge in [0.25, 0.3) is 0 Å². The van der Waals surface area contributed by atoms with Crippen LogP contribution in [0.2, 0.25) is 0 Å². The number of likely N-dealkylation sites (tertiary alicyclic amines) is 2. The summed E-state index contributed by atoms with van der Waals surface area (Å²) in [6.07, 6.45) is 5.03. The summed E-state index contributed by atoms with van der Waals surface area (Å²) < 4.78 is 7.61. The molecule has 0 radical (unpaired) electrons. The van der Waals surface area contributed by atoms with E-state index in [0.717, 1.165) is 43.6 Å². The lowest BCUT2D eigenvalue weighted by molar-refractivity contribution is 0.194. The van der Waals surface area contributed by atoms with E-state index < -0.39 is 0 Å². The minimum Gasteiger partial charge on any atom is -0.497 e. The zero-order valence-corrected chi connectivity index (χ0v) is 16.6. The molecule has 0 N–H and O–H groups in total. The summed E-state index contributed by atoms with van der Waals surface area (Å²) in [7, 11) is 3.87. The molecule has 2 aliphatic rings. The molecule has 146 valence electrons. The number of hydrogen-bond acceptors (Lipinski definition) is 5. The molecule has 1 aromatic carbocycles. The fraction of sp³-hybridized carbons (Fsp3) is 0.619. The van der Waals surface area contributed by atoms with Crippen LogP contribution in [-0.4, -0.2) is 57.9 Å². The standard InChI is InChI=1S/C21H31N5O/c1-24-20(16-25-10-3-4-11-25)22-23-21(24)18-8-6-12-26(15-18)14-17-7-5-9-19(13-17)27-2/h5,7,9,13,18H,3-4,6,8,10-12,14-16H2,1-2H3/t18-/m0/s1. The van der Waals surface area contributed by atoms with Gasteiger partial charge in [0.1, 0.15) is 17.4 Å². The third-order valence-corrected chi connectivity index (χ3v) is 5.97. The van der Waals surface area contributed by atoms with Crippen molar-refractivity contribution in [1.29, 1.82) is 0 Å². The van der Waals surface area contributed by atoms with Crippen LogP contribution in [0.4, 0.5) is 0 Å². The van der Waals surface area contributed by atoms with Gasteiger partial charge in [0.2, 0.25) is 0 Å². The highest BCUT2D eigenvalue weighted by Gasteiger charge is 2.26. The summed E-state index contributed by atoms with van der Waals surface area (Å²) in [5.41, 5.74) is 1.31. The van der Waals surface area contributed by atoms with Gasteiger partial charge in [-0.2, -0.15) is 0 Å². The van der Waals surface area contributed by atoms with E-state index in [2.05, 4.69) is 49.8 Å². The average Bonchev–Trinajstić information content (AvgIpc) is 3.33. The first kappa shape index (κ1) is 18.4. The monoisotopic (exact) mass is 369 g/mol. The molecule has 3 heterocycles. The second-order valence-corrected chi connectivity index (χ2v) is 7.94. The van der Waals surface area contributed by atoms with Gasteiger partial charge in [-0.3, -0.25) is 9.80 Å². The van der Waals surface area contributed by atoms with Crippen molar-refractivity contribution in [2.24, 2.45) is 7.05 Å². The van der Waals surface area contributed by atoms with Gasteiger partial charge in [-0.1, -0.05) is 12.1 Å². The van der Waals surface area contributed by atoms with Gasteiger partial charge in [-0.25, -0.2) is 0 Å². The van der Waals surface area contributed by atoms with Crippen molar-refractivity contribution in [3.05, 3.63) is 41.5 Å². The molecule has 4 rings (SSSR count). The van der Waals surface area contributed by atoms with Crippen LogP contribution in [0, 0.1) is 0 Å². The first-order chi connectivity index (χ1) is 13.2. The van der Waals surface area contributed by atoms with Crippen LogP contribution in [-0.2, 0) is 20.1 Å². The van der Waals surface area contributed by atoms with Crippen molar-refractivity contribution in [3.63, 3.8) is 0 Å². The van der Waals surface area contributed by atoms with Crippen molar-refractivity contribution in [2.75, 3.05) is 33.3 Å². The third kappa shape index (κ3) is 4.33. The Morgan fingerprint density at radius 1 is 1.04 bits per heavy atom. The van der Waals surface area contributed by atoms with Crippen molar-refractivity contribution in [1.82, 2.24) is 24.6 Å². The number of methoxy groups -OCH3 is 1. The molecule has 6 heteroatoms. The molecule has 2 fully saturated rings. The quantitative estimate of drug-likeness (QED) is 0.784. The summed E-state index contributed by atoms with van der Waals surface area (Å²) in [6.45, 7) is 6.48. The fourth-order valence-corrected chi connectivity index (χ4v) is 4.45. The molecular formula is C21H31N5O. The molecule has 0 spiro atoms. The number of piperidine rings is 1. The Balaban J connectivity index is 1.41. The SMILES string of the molecule is COc1cccc(CN2CCC[C@H](c3nnc(CN4CCCC4)n3C)C2)c1. The van der Waals surface area contributed by atoms with Gasteiger partial charge in [0, 0.05) is 26.1 Å². The third-order valence-electron chi connectivity index (χ3n) is 5.97. The second-order valence-electron chi connectivity index (χ2n) is 7.94. The molecule has 0 unspecified atom stereocenters. The zero-order valence-electron chi connectivity index (χ0n) is 16.6. The van der Waals surface area contributed by atoms with E-state index in [1.54, 1.807) is 7.11 Å². The average molecular weight is 370 g/mol. The van der Waals surface area contributed by atoms with Gasteiger partial charge in [0.15, 0.2) is 0 Å². The number of rotatable bonds is 6. The zero-order chi connectivity index (χ0) is 18.6. The Bertz CT molecular complexity index is 753. The summed E-state index contributed by atoms with van der Waals surface area (Å²) in [6, 6.07) is 8.40. The molecular weight excluding hydrogens is 338 g/mol. The van der Waals surface area contributed by atoms with E-state index in [1.807, 2.05) is 6.07 Å². The minimum atomic E-state index is 0.467. The Kier molecular flexibility index (Phi) is 5.74. The number of hydrogen-bond donors (Lipinski definition) is 0. The maximum Gasteiger partial charge on any atom is 0.146 e. The summed E-state index contributed by atoms with van der Waals surface area (Å²) >= 11 is 0. The second kappa shape index (κ2) is 8.40. The van der Waals surface area contributed by atoms with Crippen LogP contribution in [0.15, 0.2) is 24.3 Å². The topological polar surface area (TPSA) is 46.4 Å². The van der Waals surface area contributed by atoms with Gasteiger partial charge < -0.3 is 9.30 Å². The van der Waals surface area contributed by atoms with E-state index in [-0.39, 0.29) is 0 Å². The molecule has 6 nitrogen and oxygen atoms in total. The van der Waals surface area contributed by atoms with E-state index in [0.29, 0.717) is 5.92 Å². The summed E-state index contributed by atoms with van der Waals surface area (Å²) in [5.74, 6) is 3.66. The smallest absolute Gasteiger partial charge is 0.146 e. The van der Waals surface area contributed by atoms with E-state index in [9.17, 15) is 0 Å². The van der Waals surface area contributed by atoms with Gasteiger partial charge in [-0.05, 0) is 63.0 Å². The molecule has 1 aromatic heterocycles. The lowest BCUT2D eigenvalue weighted by Crippen LogP contribution is -2.35. The molecule has 0 amide bonds. The van der Waals surface area contributed by atoms with Crippen LogP contribution >= 0.6 is 0 Å². The largest absolute Gasteiger partial charge is 0.497 e. The molecule has 2 aliphatic heterocycles. The number of benzene rings is 1. The highest BCUT2D eigenvalue weighted by molar-refractivity contribution is 5.28. The maximum atomic E-state index is 5.36. The lowest BCUT2D eigenvalue weighted by Gasteiger charge is -2.32. The predicted octanol–water partition coefficient (Wildman–Crippen LogP) is 2.80. The van der Waals surface area contributed by atoms with Crippen LogP contribution in [0.25, 0.3) is 0 Å². The van der Waals surface area contributed by atoms with Crippen molar-refractivity contribution in [2.45, 2.75) is 44.7 Å². The first-order valence-electron chi connectivity index (χ1n) is 10.2. The van der Waals surface area contributed by atoms with Gasteiger partial charge in [-0.15, -0.1) is 10.2 Å². The van der Waals surface area contributed by atoms with Crippen LogP contribution in [0.5, 0.6) is 5.75 Å². The van der Waals surface area contributed by atoms with E-state index in [4.69, 9.17) is 4.74 Å². The molecule has 0 bridgehead atoms. The Morgan fingerprint density at radius 2 is 1.85 bits per heavy atom. The minimum absolute atomic E-state index is 0.467. The molecule has 1 atom stereocenters. The van der Waals surface area contributed by atoms with Crippen molar-refractivity contribution >= 4 is 0 Å². The Morgan fingerprint density at radius 3 is 2.67 bits per heavy atom. The predicted molar refractivity (Wildman–Crippen MR) is 106 cm³/mol. The summed E-state index contributed by atoms with van der Waals surface area (Å²) in [4.78, 5) is 5.03. The first-order valence-corrected chi connectivity index (χ1v) is 10.2. The molecule has 2 saturated heterocycles. The van der Waals surface area contributed by atoms with Crippen molar-refractivity contribution < 1.29 is 4.74 Å². The van der Waals surface area contributed by atoms with Crippen LogP contribution < -0.4 is 4.74 Å².